The predicted octanol–water partition coefficient (Wildman–Crippen LogP) is 3.15. The van der Waals surface area contributed by atoms with E-state index in [2.05, 4.69) is 29.8 Å². The third kappa shape index (κ3) is 3.02. The van der Waals surface area contributed by atoms with E-state index in [1.807, 2.05) is 0 Å². The molecule has 0 atom stereocenters. The number of benzene rings is 1. The number of piperidine rings is 1. The van der Waals surface area contributed by atoms with Gasteiger partial charge in [-0.2, -0.15) is 4.31 Å². The molecule has 0 aliphatic carbocycles. The number of hydrogen-bond acceptors (Lipinski definition) is 3. The van der Waals surface area contributed by atoms with Crippen LogP contribution in [0, 0.1) is 12.3 Å². The zero-order valence-electron chi connectivity index (χ0n) is 12.1. The van der Waals surface area contributed by atoms with Gasteiger partial charge in [0.15, 0.2) is 0 Å². The molecule has 1 heterocycles. The van der Waals surface area contributed by atoms with E-state index in [9.17, 15) is 8.42 Å². The zero-order chi connectivity index (χ0) is 15.1. The summed E-state index contributed by atoms with van der Waals surface area (Å²) in [6.45, 7) is 7.16. The van der Waals surface area contributed by atoms with Gasteiger partial charge in [0.2, 0.25) is 10.0 Å². The van der Waals surface area contributed by atoms with Crippen molar-refractivity contribution in [2.24, 2.45) is 5.41 Å². The van der Waals surface area contributed by atoms with Crippen molar-refractivity contribution in [2.75, 3.05) is 18.8 Å². The van der Waals surface area contributed by atoms with Crippen LogP contribution in [0.15, 0.2) is 21.5 Å². The Kier molecular flexibility index (Phi) is 4.19. The van der Waals surface area contributed by atoms with Crippen molar-refractivity contribution in [3.05, 3.63) is 22.2 Å². The lowest BCUT2D eigenvalue weighted by atomic mass is 9.85. The molecule has 0 unspecified atom stereocenters. The van der Waals surface area contributed by atoms with Gasteiger partial charge in [-0.3, -0.25) is 0 Å². The molecule has 1 aliphatic rings. The first-order chi connectivity index (χ1) is 9.13. The highest BCUT2D eigenvalue weighted by Crippen LogP contribution is 2.34. The average Bonchev–Trinajstić information content (AvgIpc) is 2.32. The summed E-state index contributed by atoms with van der Waals surface area (Å²) in [6, 6.07) is 3.31. The maximum absolute atomic E-state index is 12.8. The Labute approximate surface area is 129 Å². The SMILES string of the molecule is Cc1cc(Br)c(N)cc1S(=O)(=O)N1CCCC(C)(C)C1. The van der Waals surface area contributed by atoms with E-state index in [4.69, 9.17) is 5.73 Å². The molecule has 0 saturated carbocycles. The van der Waals surface area contributed by atoms with Crippen molar-refractivity contribution in [3.63, 3.8) is 0 Å². The van der Waals surface area contributed by atoms with Crippen molar-refractivity contribution in [1.29, 1.82) is 0 Å². The molecule has 0 radical (unpaired) electrons. The molecule has 1 saturated heterocycles. The molecule has 0 amide bonds. The summed E-state index contributed by atoms with van der Waals surface area (Å²) >= 11 is 3.33. The average molecular weight is 361 g/mol. The standard InChI is InChI=1S/C14H21BrN2O2S/c1-10-7-11(15)12(16)8-13(10)20(18,19)17-6-4-5-14(2,3)9-17/h7-8H,4-6,9,16H2,1-3H3. The molecule has 0 spiro atoms. The lowest BCUT2D eigenvalue weighted by Crippen LogP contribution is -2.43. The van der Waals surface area contributed by atoms with Gasteiger partial charge in [0.25, 0.3) is 0 Å². The number of hydrogen-bond donors (Lipinski definition) is 1. The summed E-state index contributed by atoms with van der Waals surface area (Å²) in [6.07, 6.45) is 1.96. The van der Waals surface area contributed by atoms with E-state index in [1.54, 1.807) is 23.4 Å². The van der Waals surface area contributed by atoms with E-state index >= 15 is 0 Å². The number of halogens is 1. The Bertz CT molecular complexity index is 626. The van der Waals surface area contributed by atoms with Gasteiger partial charge < -0.3 is 5.73 Å². The maximum atomic E-state index is 12.8. The van der Waals surface area contributed by atoms with Crippen LogP contribution in [0.2, 0.25) is 0 Å². The van der Waals surface area contributed by atoms with Gasteiger partial charge in [-0.15, -0.1) is 0 Å². The number of nitrogens with zero attached hydrogens (tertiary/aromatic N) is 1. The van der Waals surface area contributed by atoms with E-state index in [0.717, 1.165) is 22.9 Å². The van der Waals surface area contributed by atoms with Crippen LogP contribution in [0.3, 0.4) is 0 Å². The molecule has 4 nitrogen and oxygen atoms in total. The maximum Gasteiger partial charge on any atom is 0.243 e. The van der Waals surface area contributed by atoms with E-state index in [0.29, 0.717) is 23.7 Å². The fraction of sp³-hybridized carbons (Fsp3) is 0.571. The van der Waals surface area contributed by atoms with E-state index < -0.39 is 10.0 Å². The molecular formula is C14H21BrN2O2S. The number of aryl methyl sites for hydroxylation is 1. The second-order valence-corrected chi connectivity index (χ2v) is 9.01. The minimum Gasteiger partial charge on any atom is -0.398 e. The Hall–Kier alpha value is -0.590. The van der Waals surface area contributed by atoms with Crippen LogP contribution >= 0.6 is 15.9 Å². The predicted molar refractivity (Wildman–Crippen MR) is 85.1 cm³/mol. The largest absolute Gasteiger partial charge is 0.398 e. The van der Waals surface area contributed by atoms with Crippen molar-refractivity contribution in [2.45, 2.75) is 38.5 Å². The van der Waals surface area contributed by atoms with Crippen LogP contribution in [-0.4, -0.2) is 25.8 Å². The van der Waals surface area contributed by atoms with Gasteiger partial charge in [-0.1, -0.05) is 13.8 Å². The molecular weight excluding hydrogens is 340 g/mol. The van der Waals surface area contributed by atoms with Crippen LogP contribution in [0.5, 0.6) is 0 Å². The number of sulfonamides is 1. The Morgan fingerprint density at radius 3 is 2.60 bits per heavy atom. The van der Waals surface area contributed by atoms with Crippen LogP contribution in [0.1, 0.15) is 32.3 Å². The summed E-state index contributed by atoms with van der Waals surface area (Å²) in [5.74, 6) is 0. The highest BCUT2D eigenvalue weighted by Gasteiger charge is 2.34. The molecule has 1 aliphatic heterocycles. The third-order valence-electron chi connectivity index (χ3n) is 3.78. The van der Waals surface area contributed by atoms with Crippen molar-refractivity contribution in [1.82, 2.24) is 4.31 Å². The van der Waals surface area contributed by atoms with Gasteiger partial charge in [-0.25, -0.2) is 8.42 Å². The molecule has 0 bridgehead atoms. The monoisotopic (exact) mass is 360 g/mol. The van der Waals surface area contributed by atoms with E-state index in [1.165, 1.54) is 0 Å². The first-order valence-corrected chi connectivity index (χ1v) is 8.93. The normalized spacial score (nSPS) is 20.0. The highest BCUT2D eigenvalue weighted by molar-refractivity contribution is 9.10. The molecule has 112 valence electrons. The van der Waals surface area contributed by atoms with Crippen LogP contribution < -0.4 is 5.73 Å². The van der Waals surface area contributed by atoms with Crippen LogP contribution in [0.4, 0.5) is 5.69 Å². The molecule has 6 heteroatoms. The lowest BCUT2D eigenvalue weighted by Gasteiger charge is -2.37. The van der Waals surface area contributed by atoms with Gasteiger partial charge >= 0.3 is 0 Å². The molecule has 1 aromatic carbocycles. The van der Waals surface area contributed by atoms with Gasteiger partial charge in [0.1, 0.15) is 0 Å². The van der Waals surface area contributed by atoms with Crippen LogP contribution in [-0.2, 0) is 10.0 Å². The van der Waals surface area contributed by atoms with Gasteiger partial charge in [-0.05, 0) is 58.8 Å². The first-order valence-electron chi connectivity index (χ1n) is 6.69. The second kappa shape index (κ2) is 5.31. The number of anilines is 1. The van der Waals surface area contributed by atoms with Crippen LogP contribution in [0.25, 0.3) is 0 Å². The number of nitrogen functional groups attached to an aromatic ring is 1. The smallest absolute Gasteiger partial charge is 0.243 e. The minimum atomic E-state index is -3.47. The van der Waals surface area contributed by atoms with Crippen molar-refractivity contribution >= 4 is 31.6 Å². The first kappa shape index (κ1) is 15.8. The second-order valence-electron chi connectivity index (χ2n) is 6.25. The molecule has 0 aromatic heterocycles. The third-order valence-corrected chi connectivity index (χ3v) is 6.45. The van der Waals surface area contributed by atoms with Gasteiger partial charge in [0.05, 0.1) is 4.90 Å². The van der Waals surface area contributed by atoms with Crippen molar-refractivity contribution < 1.29 is 8.42 Å². The Balaban J connectivity index is 2.43. The Morgan fingerprint density at radius 1 is 1.35 bits per heavy atom. The quantitative estimate of drug-likeness (QED) is 0.823. The highest BCUT2D eigenvalue weighted by atomic mass is 79.9. The number of nitrogens with two attached hydrogens (primary N) is 1. The zero-order valence-corrected chi connectivity index (χ0v) is 14.5. The van der Waals surface area contributed by atoms with E-state index in [-0.39, 0.29) is 5.41 Å². The molecule has 2 N–H and O–H groups in total. The fourth-order valence-corrected chi connectivity index (χ4v) is 5.03. The summed E-state index contributed by atoms with van der Waals surface area (Å²) < 4.78 is 27.9. The summed E-state index contributed by atoms with van der Waals surface area (Å²) in [4.78, 5) is 0.316. The summed E-state index contributed by atoms with van der Waals surface area (Å²) in [5.41, 5.74) is 7.03. The Morgan fingerprint density at radius 2 is 2.00 bits per heavy atom. The minimum absolute atomic E-state index is 0.0279. The van der Waals surface area contributed by atoms with Crippen molar-refractivity contribution in [3.8, 4) is 0 Å². The summed E-state index contributed by atoms with van der Waals surface area (Å²) in [7, 11) is -3.47. The number of rotatable bonds is 2. The lowest BCUT2D eigenvalue weighted by molar-refractivity contribution is 0.187. The molecule has 20 heavy (non-hydrogen) atoms. The molecule has 2 rings (SSSR count). The molecule has 1 fully saturated rings. The molecule has 1 aromatic rings. The summed E-state index contributed by atoms with van der Waals surface area (Å²) in [5, 5.41) is 0. The topological polar surface area (TPSA) is 63.4 Å². The van der Waals surface area contributed by atoms with Gasteiger partial charge in [0, 0.05) is 23.2 Å². The fourth-order valence-electron chi connectivity index (χ4n) is 2.66.